The maximum Gasteiger partial charge on any atom is 0.0548 e. The van der Waals surface area contributed by atoms with E-state index in [-0.39, 0.29) is 0 Å². The second kappa shape index (κ2) is 4.36. The highest BCUT2D eigenvalue weighted by Gasteiger charge is 2.18. The average molecular weight is 168 g/mol. The van der Waals surface area contributed by atoms with Crippen LogP contribution in [0, 0.1) is 5.92 Å². The molecule has 1 saturated heterocycles. The molecule has 0 spiro atoms. The molecule has 0 N–H and O–H groups in total. The predicted octanol–water partition coefficient (Wildman–Crippen LogP) is 1.88. The van der Waals surface area contributed by atoms with E-state index in [1.807, 2.05) is 20.8 Å². The van der Waals surface area contributed by atoms with Gasteiger partial charge in [0.25, 0.3) is 0 Å². The molecule has 68 valence electrons. The molecular weight excluding hydrogens is 152 g/mol. The molecule has 1 aliphatic heterocycles. The van der Waals surface area contributed by atoms with Gasteiger partial charge in [0.15, 0.2) is 0 Å². The Bertz CT molecular complexity index is 199. The van der Waals surface area contributed by atoms with Crippen LogP contribution in [0.3, 0.4) is 0 Å². The maximum atomic E-state index is 5.26. The summed E-state index contributed by atoms with van der Waals surface area (Å²) in [6, 6.07) is 0. The molecule has 0 amide bonds. The standard InChI is InChI=1S/C9H16N2O/c1-7(2)10-11-8(3)9-4-5-12-6-9/h9H,4-6H2,1-3H3/b11-8+/t9-/m1/s1. The average Bonchev–Trinajstić information content (AvgIpc) is 2.51. The zero-order valence-corrected chi connectivity index (χ0v) is 8.00. The Balaban J connectivity index is 2.50. The fourth-order valence-electron chi connectivity index (χ4n) is 1.12. The van der Waals surface area contributed by atoms with Crippen molar-refractivity contribution in [2.75, 3.05) is 13.2 Å². The van der Waals surface area contributed by atoms with Gasteiger partial charge in [0.2, 0.25) is 0 Å². The highest BCUT2D eigenvalue weighted by Crippen LogP contribution is 2.14. The molecule has 1 aliphatic rings. The van der Waals surface area contributed by atoms with Gasteiger partial charge in [-0.3, -0.25) is 0 Å². The van der Waals surface area contributed by atoms with Crippen LogP contribution in [0.1, 0.15) is 27.2 Å². The van der Waals surface area contributed by atoms with Crippen molar-refractivity contribution in [2.45, 2.75) is 27.2 Å². The van der Waals surface area contributed by atoms with E-state index in [9.17, 15) is 0 Å². The topological polar surface area (TPSA) is 34.0 Å². The van der Waals surface area contributed by atoms with Gasteiger partial charge in [-0.15, -0.1) is 0 Å². The molecule has 3 heteroatoms. The summed E-state index contributed by atoms with van der Waals surface area (Å²) in [5, 5.41) is 8.15. The van der Waals surface area contributed by atoms with Crippen molar-refractivity contribution < 1.29 is 4.74 Å². The third-order valence-electron chi connectivity index (χ3n) is 1.93. The molecule has 1 atom stereocenters. The van der Waals surface area contributed by atoms with E-state index in [4.69, 9.17) is 4.74 Å². The van der Waals surface area contributed by atoms with Crippen LogP contribution in [-0.2, 0) is 4.74 Å². The number of ether oxygens (including phenoxy) is 1. The quantitative estimate of drug-likeness (QED) is 0.458. The smallest absolute Gasteiger partial charge is 0.0548 e. The summed E-state index contributed by atoms with van der Waals surface area (Å²) in [7, 11) is 0. The summed E-state index contributed by atoms with van der Waals surface area (Å²) in [5.74, 6) is 0.494. The minimum Gasteiger partial charge on any atom is -0.381 e. The summed E-state index contributed by atoms with van der Waals surface area (Å²) in [5.41, 5.74) is 2.09. The number of rotatable bonds is 2. The third kappa shape index (κ3) is 2.74. The Morgan fingerprint density at radius 1 is 1.25 bits per heavy atom. The molecule has 1 fully saturated rings. The molecule has 1 rings (SSSR count). The molecule has 0 saturated carbocycles. The van der Waals surface area contributed by atoms with Crippen LogP contribution < -0.4 is 0 Å². The van der Waals surface area contributed by atoms with Crippen LogP contribution in [0.2, 0.25) is 0 Å². The predicted molar refractivity (Wildman–Crippen MR) is 50.8 cm³/mol. The van der Waals surface area contributed by atoms with Gasteiger partial charge in [0, 0.05) is 23.9 Å². The minimum atomic E-state index is 0.494. The molecular formula is C9H16N2O. The van der Waals surface area contributed by atoms with Crippen LogP contribution in [0.15, 0.2) is 10.2 Å². The van der Waals surface area contributed by atoms with E-state index < -0.39 is 0 Å². The van der Waals surface area contributed by atoms with Crippen LogP contribution in [0.25, 0.3) is 0 Å². The van der Waals surface area contributed by atoms with E-state index in [1.165, 1.54) is 0 Å². The first-order chi connectivity index (χ1) is 5.70. The van der Waals surface area contributed by atoms with Crippen molar-refractivity contribution in [3.05, 3.63) is 0 Å². The first-order valence-corrected chi connectivity index (χ1v) is 4.33. The zero-order chi connectivity index (χ0) is 8.97. The van der Waals surface area contributed by atoms with E-state index in [1.54, 1.807) is 0 Å². The number of nitrogens with zero attached hydrogens (tertiary/aromatic N) is 2. The first kappa shape index (κ1) is 9.39. The largest absolute Gasteiger partial charge is 0.381 e. The lowest BCUT2D eigenvalue weighted by molar-refractivity contribution is 0.193. The number of hydrogen-bond donors (Lipinski definition) is 0. The van der Waals surface area contributed by atoms with Gasteiger partial charge in [-0.25, -0.2) is 0 Å². The molecule has 0 aromatic rings. The number of hydrogen-bond acceptors (Lipinski definition) is 3. The fourth-order valence-corrected chi connectivity index (χ4v) is 1.12. The Hall–Kier alpha value is -0.700. The summed E-state index contributed by atoms with van der Waals surface area (Å²) in [6.07, 6.45) is 1.09. The Labute approximate surface area is 73.5 Å². The van der Waals surface area contributed by atoms with E-state index in [2.05, 4.69) is 10.2 Å². The molecule has 0 aliphatic carbocycles. The van der Waals surface area contributed by atoms with Crippen molar-refractivity contribution >= 4 is 11.4 Å². The molecule has 0 bridgehead atoms. The highest BCUT2D eigenvalue weighted by molar-refractivity contribution is 5.86. The normalized spacial score (nSPS) is 24.2. The van der Waals surface area contributed by atoms with Crippen molar-refractivity contribution in [1.82, 2.24) is 0 Å². The summed E-state index contributed by atoms with van der Waals surface area (Å²) < 4.78 is 5.26. The van der Waals surface area contributed by atoms with E-state index >= 15 is 0 Å². The lowest BCUT2D eigenvalue weighted by Gasteiger charge is -2.03. The molecule has 3 nitrogen and oxygen atoms in total. The summed E-state index contributed by atoms with van der Waals surface area (Å²) >= 11 is 0. The lowest BCUT2D eigenvalue weighted by Crippen LogP contribution is -2.10. The Kier molecular flexibility index (Phi) is 3.41. The van der Waals surface area contributed by atoms with E-state index in [0.29, 0.717) is 5.92 Å². The van der Waals surface area contributed by atoms with Crippen molar-refractivity contribution in [2.24, 2.45) is 16.1 Å². The molecule has 12 heavy (non-hydrogen) atoms. The minimum absolute atomic E-state index is 0.494. The third-order valence-corrected chi connectivity index (χ3v) is 1.93. The van der Waals surface area contributed by atoms with Gasteiger partial charge in [-0.2, -0.15) is 10.2 Å². The molecule has 0 aromatic carbocycles. The van der Waals surface area contributed by atoms with Crippen molar-refractivity contribution in [3.8, 4) is 0 Å². The van der Waals surface area contributed by atoms with Crippen LogP contribution in [-0.4, -0.2) is 24.6 Å². The van der Waals surface area contributed by atoms with Crippen molar-refractivity contribution in [3.63, 3.8) is 0 Å². The van der Waals surface area contributed by atoms with Crippen LogP contribution >= 0.6 is 0 Å². The van der Waals surface area contributed by atoms with Gasteiger partial charge in [-0.05, 0) is 27.2 Å². The lowest BCUT2D eigenvalue weighted by atomic mass is 10.0. The molecule has 0 aromatic heterocycles. The van der Waals surface area contributed by atoms with Gasteiger partial charge >= 0.3 is 0 Å². The SMILES string of the molecule is CC(C)=N/N=C(\C)[C@@H]1CCOC1. The summed E-state index contributed by atoms with van der Waals surface area (Å²) in [6.45, 7) is 7.59. The summed E-state index contributed by atoms with van der Waals surface area (Å²) in [4.78, 5) is 0. The van der Waals surface area contributed by atoms with Gasteiger partial charge in [-0.1, -0.05) is 0 Å². The monoisotopic (exact) mass is 168 g/mol. The van der Waals surface area contributed by atoms with Gasteiger partial charge in [0.1, 0.15) is 0 Å². The fraction of sp³-hybridized carbons (Fsp3) is 0.778. The zero-order valence-electron chi connectivity index (χ0n) is 8.00. The molecule has 0 radical (unpaired) electrons. The van der Waals surface area contributed by atoms with E-state index in [0.717, 1.165) is 31.1 Å². The molecule has 0 unspecified atom stereocenters. The highest BCUT2D eigenvalue weighted by atomic mass is 16.5. The van der Waals surface area contributed by atoms with Crippen LogP contribution in [0.5, 0.6) is 0 Å². The maximum absolute atomic E-state index is 5.26. The Morgan fingerprint density at radius 2 is 2.00 bits per heavy atom. The van der Waals surface area contributed by atoms with Crippen molar-refractivity contribution in [1.29, 1.82) is 0 Å². The van der Waals surface area contributed by atoms with Gasteiger partial charge in [0.05, 0.1) is 6.61 Å². The van der Waals surface area contributed by atoms with Crippen LogP contribution in [0.4, 0.5) is 0 Å². The van der Waals surface area contributed by atoms with Gasteiger partial charge < -0.3 is 4.74 Å². The Morgan fingerprint density at radius 3 is 2.50 bits per heavy atom. The second-order valence-electron chi connectivity index (χ2n) is 3.35. The first-order valence-electron chi connectivity index (χ1n) is 4.33. The second-order valence-corrected chi connectivity index (χ2v) is 3.35. The molecule has 1 heterocycles.